The van der Waals surface area contributed by atoms with Crippen molar-refractivity contribution in [2.45, 2.75) is 115 Å². The molecule has 6 atom stereocenters. The molecule has 0 bridgehead atoms. The molecule has 10 nitrogen and oxygen atoms in total. The van der Waals surface area contributed by atoms with Gasteiger partial charge in [0.25, 0.3) is 0 Å². The quantitative estimate of drug-likeness (QED) is 0.402. The molecule has 2 aliphatic heterocycles. The van der Waals surface area contributed by atoms with Gasteiger partial charge < -0.3 is 25.5 Å². The zero-order chi connectivity index (χ0) is 32.5. The average Bonchev–Trinajstić information content (AvgIpc) is 3.60. The van der Waals surface area contributed by atoms with E-state index in [2.05, 4.69) is 15.5 Å². The van der Waals surface area contributed by atoms with Crippen molar-refractivity contribution in [3.63, 3.8) is 0 Å². The van der Waals surface area contributed by atoms with Crippen LogP contribution in [0.4, 0.5) is 9.18 Å². The van der Waals surface area contributed by atoms with Crippen molar-refractivity contribution in [1.29, 1.82) is 0 Å². The van der Waals surface area contributed by atoms with Gasteiger partial charge in [0.1, 0.15) is 18.3 Å². The number of nitrogens with one attached hydrogen (secondary N) is 2. The molecule has 45 heavy (non-hydrogen) atoms. The molecule has 11 heteroatoms. The molecular weight excluding hydrogens is 577 g/mol. The molecular formula is C34H50FN5O5. The molecule has 2 heterocycles. The van der Waals surface area contributed by atoms with E-state index in [9.17, 15) is 24.3 Å². The van der Waals surface area contributed by atoms with Crippen LogP contribution in [0.1, 0.15) is 89.8 Å². The first-order chi connectivity index (χ1) is 21.3. The van der Waals surface area contributed by atoms with Crippen molar-refractivity contribution in [3.05, 3.63) is 35.4 Å². The number of fused-ring (bicyclic) bond motifs is 2. The summed E-state index contributed by atoms with van der Waals surface area (Å²) >= 11 is 0. The molecule has 0 aromatic heterocycles. The summed E-state index contributed by atoms with van der Waals surface area (Å²) < 4.78 is 15.2. The van der Waals surface area contributed by atoms with E-state index in [-0.39, 0.29) is 42.6 Å². The van der Waals surface area contributed by atoms with Crippen LogP contribution in [0.2, 0.25) is 0 Å². The SMILES string of the molecule is C[C@@H](CN(C(=O)O)C(C)(C)C)C(=O)N[C@H](C(=O)N1C[C@H]2CCCN2C[C@H]1C(=O)N[C@H]1c2ccccc2C[C@@H]1F)C1CCCCC1. The Labute approximate surface area is 266 Å². The number of carboxylic acid groups (broad SMARTS) is 1. The van der Waals surface area contributed by atoms with E-state index in [0.29, 0.717) is 13.1 Å². The van der Waals surface area contributed by atoms with Crippen LogP contribution in [0.15, 0.2) is 24.3 Å². The number of carbonyl (C=O) groups is 4. The highest BCUT2D eigenvalue weighted by molar-refractivity contribution is 5.93. The summed E-state index contributed by atoms with van der Waals surface area (Å²) in [6.45, 7) is 8.62. The van der Waals surface area contributed by atoms with Crippen LogP contribution in [-0.4, -0.2) is 99.6 Å². The summed E-state index contributed by atoms with van der Waals surface area (Å²) in [7, 11) is 0. The number of piperazine rings is 1. The van der Waals surface area contributed by atoms with Crippen LogP contribution in [-0.2, 0) is 20.8 Å². The fourth-order valence-corrected chi connectivity index (χ4v) is 7.77. The lowest BCUT2D eigenvalue weighted by Gasteiger charge is -2.45. The summed E-state index contributed by atoms with van der Waals surface area (Å²) in [5.41, 5.74) is 0.963. The minimum Gasteiger partial charge on any atom is -0.465 e. The summed E-state index contributed by atoms with van der Waals surface area (Å²) in [5.74, 6) is -1.79. The number of hydrogen-bond donors (Lipinski definition) is 3. The second kappa shape index (κ2) is 13.6. The largest absolute Gasteiger partial charge is 0.465 e. The Balaban J connectivity index is 1.37. The van der Waals surface area contributed by atoms with Gasteiger partial charge in [-0.2, -0.15) is 0 Å². The van der Waals surface area contributed by atoms with Gasteiger partial charge in [-0.1, -0.05) is 50.5 Å². The molecule has 5 rings (SSSR count). The zero-order valence-electron chi connectivity index (χ0n) is 27.1. The van der Waals surface area contributed by atoms with Crippen molar-refractivity contribution in [2.75, 3.05) is 26.2 Å². The van der Waals surface area contributed by atoms with E-state index in [4.69, 9.17) is 0 Å². The number of halogens is 1. The first-order valence-electron chi connectivity index (χ1n) is 16.7. The topological polar surface area (TPSA) is 122 Å². The maximum atomic E-state index is 15.2. The second-order valence-electron chi connectivity index (χ2n) is 14.6. The Morgan fingerprint density at radius 2 is 1.76 bits per heavy atom. The zero-order valence-corrected chi connectivity index (χ0v) is 27.1. The van der Waals surface area contributed by atoms with E-state index >= 15 is 4.39 Å². The third kappa shape index (κ3) is 7.28. The summed E-state index contributed by atoms with van der Waals surface area (Å²) in [4.78, 5) is 59.3. The third-order valence-electron chi connectivity index (χ3n) is 10.4. The predicted octanol–water partition coefficient (Wildman–Crippen LogP) is 3.89. The molecule has 0 unspecified atom stereocenters. The molecule has 1 saturated carbocycles. The monoisotopic (exact) mass is 627 g/mol. The Bertz CT molecular complexity index is 1260. The average molecular weight is 628 g/mol. The van der Waals surface area contributed by atoms with Gasteiger partial charge in [0.05, 0.1) is 12.0 Å². The fourth-order valence-electron chi connectivity index (χ4n) is 7.77. The molecule has 1 aromatic carbocycles. The van der Waals surface area contributed by atoms with Crippen molar-refractivity contribution < 1.29 is 28.7 Å². The van der Waals surface area contributed by atoms with Crippen LogP contribution in [0, 0.1) is 11.8 Å². The van der Waals surface area contributed by atoms with Gasteiger partial charge in [0.15, 0.2) is 0 Å². The maximum Gasteiger partial charge on any atom is 0.407 e. The number of carbonyl (C=O) groups excluding carboxylic acids is 3. The third-order valence-corrected chi connectivity index (χ3v) is 10.4. The van der Waals surface area contributed by atoms with Crippen LogP contribution >= 0.6 is 0 Å². The number of nitrogens with zero attached hydrogens (tertiary/aromatic N) is 3. The lowest BCUT2D eigenvalue weighted by Crippen LogP contribution is -2.66. The normalized spacial score (nSPS) is 26.8. The fraction of sp³-hybridized carbons (Fsp3) is 0.706. The number of hydrogen-bond acceptors (Lipinski definition) is 5. The van der Waals surface area contributed by atoms with E-state index < -0.39 is 41.8 Å². The highest BCUT2D eigenvalue weighted by atomic mass is 19.1. The Morgan fingerprint density at radius 1 is 1.04 bits per heavy atom. The minimum absolute atomic E-state index is 0.00468. The Morgan fingerprint density at radius 3 is 2.44 bits per heavy atom. The van der Waals surface area contributed by atoms with Crippen molar-refractivity contribution >= 4 is 23.8 Å². The van der Waals surface area contributed by atoms with Gasteiger partial charge >= 0.3 is 6.09 Å². The molecule has 2 aliphatic carbocycles. The standard InChI is InChI=1S/C34H50FN5O5/c1-21(18-40(33(44)45)34(2,3)4)30(41)36-28(22-11-6-5-7-12-22)32(43)39-19-24-14-10-16-38(24)20-27(39)31(42)37-29-25-15-9-8-13-23(25)17-26(29)35/h8-9,13,15,21-22,24,26-29H,5-7,10-12,14,16-20H2,1-4H3,(H,36,41)(H,37,42)(H,44,45)/t21-,24+,26-,27-,28-,29-/m0/s1. The van der Waals surface area contributed by atoms with E-state index in [1.807, 2.05) is 24.3 Å². The van der Waals surface area contributed by atoms with Gasteiger partial charge in [-0.05, 0) is 70.0 Å². The molecule has 0 radical (unpaired) electrons. The lowest BCUT2D eigenvalue weighted by molar-refractivity contribution is -0.150. The predicted molar refractivity (Wildman–Crippen MR) is 168 cm³/mol. The van der Waals surface area contributed by atoms with Crippen LogP contribution < -0.4 is 10.6 Å². The van der Waals surface area contributed by atoms with Crippen LogP contribution in [0.3, 0.4) is 0 Å². The summed E-state index contributed by atoms with van der Waals surface area (Å²) in [6, 6.07) is 5.18. The van der Waals surface area contributed by atoms with E-state index in [0.717, 1.165) is 62.6 Å². The lowest BCUT2D eigenvalue weighted by atomic mass is 9.82. The maximum absolute atomic E-state index is 15.2. The molecule has 3 fully saturated rings. The Kier molecular flexibility index (Phi) is 10.1. The summed E-state index contributed by atoms with van der Waals surface area (Å²) in [5, 5.41) is 15.8. The highest BCUT2D eigenvalue weighted by Gasteiger charge is 2.46. The smallest absolute Gasteiger partial charge is 0.407 e. The van der Waals surface area contributed by atoms with Gasteiger partial charge in [-0.15, -0.1) is 0 Å². The first kappa shape index (κ1) is 33.2. The summed E-state index contributed by atoms with van der Waals surface area (Å²) in [6.07, 6.45) is 4.36. The Hall–Kier alpha value is -3.21. The molecule has 1 aromatic rings. The number of amides is 4. The van der Waals surface area contributed by atoms with Crippen molar-refractivity contribution in [1.82, 2.24) is 25.3 Å². The highest BCUT2D eigenvalue weighted by Crippen LogP contribution is 2.35. The molecule has 4 aliphatic rings. The number of alkyl halides is 1. The van der Waals surface area contributed by atoms with Crippen molar-refractivity contribution in [3.8, 4) is 0 Å². The van der Waals surface area contributed by atoms with Gasteiger partial charge in [-0.3, -0.25) is 19.3 Å². The number of rotatable bonds is 8. The molecule has 2 saturated heterocycles. The minimum atomic E-state index is -1.24. The van der Waals surface area contributed by atoms with Crippen LogP contribution in [0.5, 0.6) is 0 Å². The van der Waals surface area contributed by atoms with E-state index in [1.165, 1.54) is 4.90 Å². The van der Waals surface area contributed by atoms with Gasteiger partial charge in [0, 0.05) is 37.6 Å². The second-order valence-corrected chi connectivity index (χ2v) is 14.6. The van der Waals surface area contributed by atoms with Gasteiger partial charge in [-0.25, -0.2) is 9.18 Å². The van der Waals surface area contributed by atoms with Gasteiger partial charge in [0.2, 0.25) is 17.7 Å². The molecule has 4 amide bonds. The number of benzene rings is 1. The van der Waals surface area contributed by atoms with E-state index in [1.54, 1.807) is 32.6 Å². The first-order valence-corrected chi connectivity index (χ1v) is 16.7. The van der Waals surface area contributed by atoms with Crippen molar-refractivity contribution in [2.24, 2.45) is 11.8 Å². The molecule has 248 valence electrons. The van der Waals surface area contributed by atoms with Crippen LogP contribution in [0.25, 0.3) is 0 Å². The molecule has 0 spiro atoms. The molecule has 3 N–H and O–H groups in total.